The van der Waals surface area contributed by atoms with Crippen molar-refractivity contribution in [1.29, 1.82) is 5.26 Å². The summed E-state index contributed by atoms with van der Waals surface area (Å²) >= 11 is 5.96. The number of nitrogens with zero attached hydrogens (tertiary/aromatic N) is 1. The van der Waals surface area contributed by atoms with Gasteiger partial charge in [-0.05, 0) is 11.1 Å². The lowest BCUT2D eigenvalue weighted by atomic mass is 10.1. The summed E-state index contributed by atoms with van der Waals surface area (Å²) in [6, 6.07) is 21.3. The molecule has 2 aromatic carbocycles. The molecule has 0 aliphatic carbocycles. The zero-order chi connectivity index (χ0) is 13.5. The van der Waals surface area contributed by atoms with Gasteiger partial charge >= 0.3 is 0 Å². The van der Waals surface area contributed by atoms with E-state index in [1.54, 1.807) is 0 Å². The standard InChI is InChI=1S/C16H14ClNO/c17-11-15(13-7-3-1-4-8-13)19-16(12-18)14-9-5-2-6-10-14/h1-10,15-16H,11H2. The fraction of sp³-hybridized carbons (Fsp3) is 0.188. The maximum Gasteiger partial charge on any atom is 0.169 e. The van der Waals surface area contributed by atoms with E-state index in [4.69, 9.17) is 16.3 Å². The molecule has 0 aliphatic heterocycles. The van der Waals surface area contributed by atoms with Gasteiger partial charge in [0.05, 0.1) is 18.1 Å². The summed E-state index contributed by atoms with van der Waals surface area (Å²) in [4.78, 5) is 0. The van der Waals surface area contributed by atoms with Crippen LogP contribution in [-0.2, 0) is 4.74 Å². The first-order valence-electron chi connectivity index (χ1n) is 6.06. The third-order valence-electron chi connectivity index (χ3n) is 2.83. The van der Waals surface area contributed by atoms with Crippen LogP contribution in [0, 0.1) is 11.3 Å². The van der Waals surface area contributed by atoms with E-state index in [1.165, 1.54) is 0 Å². The second-order valence-corrected chi connectivity index (χ2v) is 4.42. The van der Waals surface area contributed by atoms with Crippen LogP contribution in [0.2, 0.25) is 0 Å². The van der Waals surface area contributed by atoms with Crippen LogP contribution in [0.3, 0.4) is 0 Å². The number of benzene rings is 2. The van der Waals surface area contributed by atoms with Crippen molar-refractivity contribution in [2.45, 2.75) is 12.2 Å². The Morgan fingerprint density at radius 3 is 1.95 bits per heavy atom. The minimum absolute atomic E-state index is 0.285. The molecule has 96 valence electrons. The molecule has 0 fully saturated rings. The van der Waals surface area contributed by atoms with E-state index in [0.717, 1.165) is 11.1 Å². The molecule has 0 N–H and O–H groups in total. The summed E-state index contributed by atoms with van der Waals surface area (Å²) in [7, 11) is 0. The van der Waals surface area contributed by atoms with E-state index in [9.17, 15) is 5.26 Å². The second-order valence-electron chi connectivity index (χ2n) is 4.11. The van der Waals surface area contributed by atoms with Gasteiger partial charge in [-0.3, -0.25) is 0 Å². The van der Waals surface area contributed by atoms with E-state index in [0.29, 0.717) is 5.88 Å². The predicted molar refractivity (Wildman–Crippen MR) is 75.8 cm³/mol. The molecule has 2 nitrogen and oxygen atoms in total. The monoisotopic (exact) mass is 271 g/mol. The molecule has 19 heavy (non-hydrogen) atoms. The summed E-state index contributed by atoms with van der Waals surface area (Å²) in [5.74, 6) is 0.315. The van der Waals surface area contributed by atoms with Crippen LogP contribution >= 0.6 is 11.6 Å². The molecule has 3 heteroatoms. The fourth-order valence-electron chi connectivity index (χ4n) is 1.85. The predicted octanol–water partition coefficient (Wildman–Crippen LogP) is 4.25. The van der Waals surface area contributed by atoms with E-state index in [1.807, 2.05) is 60.7 Å². The highest BCUT2D eigenvalue weighted by molar-refractivity contribution is 6.18. The zero-order valence-corrected chi connectivity index (χ0v) is 11.1. The first-order chi connectivity index (χ1) is 9.35. The van der Waals surface area contributed by atoms with Crippen molar-refractivity contribution in [3.05, 3.63) is 71.8 Å². The molecule has 0 spiro atoms. The number of rotatable bonds is 5. The summed E-state index contributed by atoms with van der Waals surface area (Å²) in [5, 5.41) is 9.25. The smallest absolute Gasteiger partial charge is 0.169 e. The van der Waals surface area contributed by atoms with Gasteiger partial charge in [-0.25, -0.2) is 0 Å². The van der Waals surface area contributed by atoms with Gasteiger partial charge in [-0.2, -0.15) is 5.26 Å². The van der Waals surface area contributed by atoms with E-state index >= 15 is 0 Å². The van der Waals surface area contributed by atoms with Crippen LogP contribution in [0.5, 0.6) is 0 Å². The molecule has 2 unspecified atom stereocenters. The van der Waals surface area contributed by atoms with Crippen LogP contribution < -0.4 is 0 Å². The Bertz CT molecular complexity index is 536. The number of nitriles is 1. The Kier molecular flexibility index (Phi) is 4.97. The molecule has 2 aromatic rings. The molecule has 0 aliphatic rings. The van der Waals surface area contributed by atoms with Gasteiger partial charge in [0.15, 0.2) is 6.10 Å². The molecular formula is C16H14ClNO. The highest BCUT2D eigenvalue weighted by atomic mass is 35.5. The number of hydrogen-bond donors (Lipinski definition) is 0. The summed E-state index contributed by atoms with van der Waals surface area (Å²) in [6.45, 7) is 0. The normalized spacial score (nSPS) is 13.5. The van der Waals surface area contributed by atoms with Gasteiger partial charge in [-0.15, -0.1) is 11.6 Å². The highest BCUT2D eigenvalue weighted by Gasteiger charge is 2.18. The Hall–Kier alpha value is -1.82. The van der Waals surface area contributed by atoms with Gasteiger partial charge in [0.25, 0.3) is 0 Å². The van der Waals surface area contributed by atoms with Crippen LogP contribution in [0.15, 0.2) is 60.7 Å². The molecule has 0 saturated heterocycles. The SMILES string of the molecule is N#CC(OC(CCl)c1ccccc1)c1ccccc1. The third-order valence-corrected chi connectivity index (χ3v) is 3.11. The van der Waals surface area contributed by atoms with Crippen LogP contribution in [-0.4, -0.2) is 5.88 Å². The molecule has 2 rings (SSSR count). The lowest BCUT2D eigenvalue weighted by molar-refractivity contribution is 0.0288. The van der Waals surface area contributed by atoms with Crippen LogP contribution in [0.25, 0.3) is 0 Å². The van der Waals surface area contributed by atoms with Gasteiger partial charge in [0.1, 0.15) is 0 Å². The number of hydrogen-bond acceptors (Lipinski definition) is 2. The Morgan fingerprint density at radius 2 is 1.47 bits per heavy atom. The lowest BCUT2D eigenvalue weighted by Gasteiger charge is -2.19. The van der Waals surface area contributed by atoms with Crippen LogP contribution in [0.1, 0.15) is 23.3 Å². The minimum atomic E-state index is -0.606. The molecule has 0 bridgehead atoms. The zero-order valence-electron chi connectivity index (χ0n) is 10.4. The van der Waals surface area contributed by atoms with Crippen molar-refractivity contribution in [3.63, 3.8) is 0 Å². The number of ether oxygens (including phenoxy) is 1. The van der Waals surface area contributed by atoms with Gasteiger partial charge < -0.3 is 4.74 Å². The average molecular weight is 272 g/mol. The first kappa shape index (κ1) is 13.6. The Labute approximate surface area is 118 Å². The average Bonchev–Trinajstić information content (AvgIpc) is 2.50. The van der Waals surface area contributed by atoms with Crippen molar-refractivity contribution < 1.29 is 4.74 Å². The van der Waals surface area contributed by atoms with Crippen molar-refractivity contribution in [2.24, 2.45) is 0 Å². The highest BCUT2D eigenvalue weighted by Crippen LogP contribution is 2.27. The maximum atomic E-state index is 9.25. The van der Waals surface area contributed by atoms with Gasteiger partial charge in [0, 0.05) is 0 Å². The number of alkyl halides is 1. The summed E-state index contributed by atoms with van der Waals surface area (Å²) in [5.41, 5.74) is 1.82. The molecule has 2 atom stereocenters. The second kappa shape index (κ2) is 6.94. The van der Waals surface area contributed by atoms with Crippen molar-refractivity contribution in [1.82, 2.24) is 0 Å². The van der Waals surface area contributed by atoms with Crippen molar-refractivity contribution in [2.75, 3.05) is 5.88 Å². The molecule has 0 amide bonds. The summed E-state index contributed by atoms with van der Waals surface area (Å²) in [6.07, 6.45) is -0.891. The van der Waals surface area contributed by atoms with E-state index in [-0.39, 0.29) is 6.10 Å². The minimum Gasteiger partial charge on any atom is -0.349 e. The molecule has 0 aromatic heterocycles. The first-order valence-corrected chi connectivity index (χ1v) is 6.59. The maximum absolute atomic E-state index is 9.25. The largest absolute Gasteiger partial charge is 0.349 e. The molecule has 0 saturated carbocycles. The topological polar surface area (TPSA) is 33.0 Å². The van der Waals surface area contributed by atoms with Crippen molar-refractivity contribution in [3.8, 4) is 6.07 Å². The Balaban J connectivity index is 2.16. The fourth-order valence-corrected chi connectivity index (χ4v) is 2.10. The summed E-state index contributed by atoms with van der Waals surface area (Å²) < 4.78 is 5.83. The molecule has 0 heterocycles. The van der Waals surface area contributed by atoms with E-state index in [2.05, 4.69) is 6.07 Å². The third kappa shape index (κ3) is 3.57. The Morgan fingerprint density at radius 1 is 0.947 bits per heavy atom. The van der Waals surface area contributed by atoms with Crippen LogP contribution in [0.4, 0.5) is 0 Å². The lowest BCUT2D eigenvalue weighted by Crippen LogP contribution is -2.10. The van der Waals surface area contributed by atoms with Gasteiger partial charge in [0.2, 0.25) is 0 Å². The molecular weight excluding hydrogens is 258 g/mol. The molecule has 0 radical (unpaired) electrons. The van der Waals surface area contributed by atoms with E-state index < -0.39 is 6.10 Å². The van der Waals surface area contributed by atoms with Crippen molar-refractivity contribution >= 4 is 11.6 Å². The number of halogens is 1. The van der Waals surface area contributed by atoms with Gasteiger partial charge in [-0.1, -0.05) is 60.7 Å². The quantitative estimate of drug-likeness (QED) is 0.762.